The van der Waals surface area contributed by atoms with Crippen LogP contribution in [0.1, 0.15) is 50.4 Å². The van der Waals surface area contributed by atoms with Crippen LogP contribution in [0, 0.1) is 5.92 Å². The molecule has 3 amide bonds. The second kappa shape index (κ2) is 17.0. The smallest absolute Gasteiger partial charge is 0.321 e. The SMILES string of the molecule is C[C@@H]1CCCCO[C@@H](CN(C)C(=O)Nc2ccccc2)[C@H](C)CN([C@H](C)CO)C(=O)c2cc(NS(=O)(=O)c3ccc(Cl)cc3)ccc2O1. The average Bonchev–Trinajstić information content (AvgIpc) is 3.06. The number of hydrogen-bond donors (Lipinski definition) is 3. The Hall–Kier alpha value is -3.84. The van der Waals surface area contributed by atoms with Gasteiger partial charge in [-0.05, 0) is 87.7 Å². The number of nitrogens with zero attached hydrogens (tertiary/aromatic N) is 2. The van der Waals surface area contributed by atoms with Gasteiger partial charge in [0, 0.05) is 49.1 Å². The van der Waals surface area contributed by atoms with Crippen LogP contribution in [0.5, 0.6) is 5.75 Å². The van der Waals surface area contributed by atoms with Gasteiger partial charge in [-0.15, -0.1) is 0 Å². The zero-order chi connectivity index (χ0) is 34.8. The van der Waals surface area contributed by atoms with Crippen LogP contribution in [0.4, 0.5) is 16.2 Å². The van der Waals surface area contributed by atoms with Crippen molar-refractivity contribution in [3.8, 4) is 5.75 Å². The Morgan fingerprint density at radius 2 is 1.77 bits per heavy atom. The van der Waals surface area contributed by atoms with Gasteiger partial charge in [0.2, 0.25) is 0 Å². The monoisotopic (exact) mass is 700 g/mol. The highest BCUT2D eigenvalue weighted by molar-refractivity contribution is 7.92. The Bertz CT molecular complexity index is 1630. The maximum absolute atomic E-state index is 14.4. The van der Waals surface area contributed by atoms with Gasteiger partial charge in [0.25, 0.3) is 15.9 Å². The fraction of sp³-hybridized carbons (Fsp3) is 0.429. The van der Waals surface area contributed by atoms with Gasteiger partial charge >= 0.3 is 6.03 Å². The van der Waals surface area contributed by atoms with Gasteiger partial charge in [-0.3, -0.25) is 9.52 Å². The second-order valence-electron chi connectivity index (χ2n) is 12.2. The lowest BCUT2D eigenvalue weighted by molar-refractivity contribution is -0.0115. The molecule has 0 spiro atoms. The number of rotatable bonds is 8. The van der Waals surface area contributed by atoms with Crippen LogP contribution in [0.3, 0.4) is 0 Å². The van der Waals surface area contributed by atoms with Crippen molar-refractivity contribution < 1.29 is 32.6 Å². The van der Waals surface area contributed by atoms with E-state index in [1.54, 1.807) is 35.9 Å². The summed E-state index contributed by atoms with van der Waals surface area (Å²) >= 11 is 5.95. The van der Waals surface area contributed by atoms with Gasteiger partial charge in [0.05, 0.1) is 35.3 Å². The normalized spacial score (nSPS) is 20.1. The topological polar surface area (TPSA) is 138 Å². The van der Waals surface area contributed by atoms with E-state index >= 15 is 0 Å². The molecule has 0 unspecified atom stereocenters. The Kier molecular flexibility index (Phi) is 13.1. The number of carbonyl (C=O) groups is 2. The summed E-state index contributed by atoms with van der Waals surface area (Å²) in [6.07, 6.45) is 1.60. The van der Waals surface area contributed by atoms with E-state index in [1.165, 1.54) is 30.3 Å². The lowest BCUT2D eigenvalue weighted by Crippen LogP contribution is -2.48. The van der Waals surface area contributed by atoms with Crippen molar-refractivity contribution in [2.45, 2.75) is 63.2 Å². The van der Waals surface area contributed by atoms with Crippen molar-refractivity contribution in [1.82, 2.24) is 9.80 Å². The van der Waals surface area contributed by atoms with E-state index < -0.39 is 28.1 Å². The summed E-state index contributed by atoms with van der Waals surface area (Å²) in [5.74, 6) is -0.385. The summed E-state index contributed by atoms with van der Waals surface area (Å²) in [6, 6.07) is 18.7. The molecule has 48 heavy (non-hydrogen) atoms. The molecule has 11 nitrogen and oxygen atoms in total. The first-order valence-corrected chi connectivity index (χ1v) is 17.9. The molecule has 0 aromatic heterocycles. The molecule has 4 rings (SSSR count). The lowest BCUT2D eigenvalue weighted by Gasteiger charge is -2.35. The van der Waals surface area contributed by atoms with Crippen LogP contribution in [0.25, 0.3) is 0 Å². The molecule has 0 radical (unpaired) electrons. The van der Waals surface area contributed by atoms with E-state index in [0.717, 1.165) is 12.8 Å². The predicted molar refractivity (Wildman–Crippen MR) is 187 cm³/mol. The summed E-state index contributed by atoms with van der Waals surface area (Å²) in [4.78, 5) is 30.5. The number of carbonyl (C=O) groups excluding carboxylic acids is 2. The molecule has 1 aliphatic heterocycles. The third-order valence-corrected chi connectivity index (χ3v) is 9.90. The molecule has 3 aromatic rings. The van der Waals surface area contributed by atoms with Crippen LogP contribution in [0.15, 0.2) is 77.7 Å². The molecule has 3 aromatic carbocycles. The van der Waals surface area contributed by atoms with Crippen LogP contribution < -0.4 is 14.8 Å². The maximum atomic E-state index is 14.4. The van der Waals surface area contributed by atoms with Crippen LogP contribution >= 0.6 is 11.6 Å². The van der Waals surface area contributed by atoms with Crippen molar-refractivity contribution in [2.75, 3.05) is 43.4 Å². The number of halogens is 1. The van der Waals surface area contributed by atoms with E-state index in [0.29, 0.717) is 29.5 Å². The fourth-order valence-electron chi connectivity index (χ4n) is 5.37. The molecule has 1 heterocycles. The van der Waals surface area contributed by atoms with E-state index in [-0.39, 0.29) is 53.9 Å². The molecule has 1 aliphatic rings. The van der Waals surface area contributed by atoms with Crippen LogP contribution in [-0.2, 0) is 14.8 Å². The van der Waals surface area contributed by atoms with Gasteiger partial charge in [0.1, 0.15) is 5.75 Å². The van der Waals surface area contributed by atoms with E-state index in [2.05, 4.69) is 10.0 Å². The fourth-order valence-corrected chi connectivity index (χ4v) is 6.55. The Morgan fingerprint density at radius 3 is 2.46 bits per heavy atom. The van der Waals surface area contributed by atoms with Crippen molar-refractivity contribution in [3.63, 3.8) is 0 Å². The Labute approximate surface area is 288 Å². The van der Waals surface area contributed by atoms with Crippen molar-refractivity contribution in [3.05, 3.63) is 83.4 Å². The van der Waals surface area contributed by atoms with E-state index in [1.807, 2.05) is 44.2 Å². The summed E-state index contributed by atoms with van der Waals surface area (Å²) in [7, 11) is -2.30. The zero-order valence-electron chi connectivity index (χ0n) is 27.8. The highest BCUT2D eigenvalue weighted by Crippen LogP contribution is 2.30. The highest BCUT2D eigenvalue weighted by Gasteiger charge is 2.31. The van der Waals surface area contributed by atoms with E-state index in [4.69, 9.17) is 21.1 Å². The minimum atomic E-state index is -3.99. The molecule has 0 aliphatic carbocycles. The number of aliphatic hydroxyl groups excluding tert-OH is 1. The lowest BCUT2D eigenvalue weighted by atomic mass is 10.0. The molecule has 0 saturated carbocycles. The van der Waals surface area contributed by atoms with Crippen molar-refractivity contribution in [1.29, 1.82) is 0 Å². The van der Waals surface area contributed by atoms with Crippen molar-refractivity contribution in [2.24, 2.45) is 5.92 Å². The van der Waals surface area contributed by atoms with Crippen molar-refractivity contribution >= 4 is 44.9 Å². The summed E-state index contributed by atoms with van der Waals surface area (Å²) < 4.78 is 41.5. The largest absolute Gasteiger partial charge is 0.490 e. The zero-order valence-corrected chi connectivity index (χ0v) is 29.3. The Balaban J connectivity index is 1.63. The maximum Gasteiger partial charge on any atom is 0.321 e. The molecule has 4 atom stereocenters. The molecule has 13 heteroatoms. The quantitative estimate of drug-likeness (QED) is 0.258. The molecular formula is C35H45ClN4O7S. The minimum absolute atomic E-state index is 0.0148. The predicted octanol–water partition coefficient (Wildman–Crippen LogP) is 6.10. The van der Waals surface area contributed by atoms with Gasteiger partial charge in [-0.25, -0.2) is 13.2 Å². The standard InChI is InChI=1S/C35H45ClN4O7S/c1-24-21-40(25(2)23-41)34(42)31-20-29(38-48(44,45)30-16-13-27(36)14-17-30)15-18-32(31)47-26(3)10-8-9-19-46-33(24)22-39(4)35(43)37-28-11-6-5-7-12-28/h5-7,11-18,20,24-26,33,38,41H,8-10,19,21-23H2,1-4H3,(H,37,43)/t24-,25-,26-,33+/m1/s1. The molecular weight excluding hydrogens is 656 g/mol. The van der Waals surface area contributed by atoms with Gasteiger partial charge < -0.3 is 29.7 Å². The summed E-state index contributed by atoms with van der Waals surface area (Å²) in [6.45, 7) is 6.21. The summed E-state index contributed by atoms with van der Waals surface area (Å²) in [5, 5.41) is 13.5. The number of benzene rings is 3. The number of aliphatic hydroxyl groups is 1. The number of urea groups is 1. The number of hydrogen-bond acceptors (Lipinski definition) is 7. The summed E-state index contributed by atoms with van der Waals surface area (Å²) in [5.41, 5.74) is 0.999. The second-order valence-corrected chi connectivity index (χ2v) is 14.4. The minimum Gasteiger partial charge on any atom is -0.490 e. The van der Waals surface area contributed by atoms with Crippen LogP contribution in [0.2, 0.25) is 5.02 Å². The third-order valence-electron chi connectivity index (χ3n) is 8.25. The average molecular weight is 701 g/mol. The molecule has 0 fully saturated rings. The van der Waals surface area contributed by atoms with E-state index in [9.17, 15) is 23.1 Å². The van der Waals surface area contributed by atoms with Crippen LogP contribution in [-0.4, -0.2) is 86.9 Å². The first-order valence-electron chi connectivity index (χ1n) is 16.1. The number of anilines is 2. The molecule has 260 valence electrons. The Morgan fingerprint density at radius 1 is 1.06 bits per heavy atom. The molecule has 0 saturated heterocycles. The number of sulfonamides is 1. The molecule has 0 bridgehead atoms. The first kappa shape index (κ1) is 37.0. The number of nitrogens with one attached hydrogen (secondary N) is 2. The van der Waals surface area contributed by atoms with Gasteiger partial charge in [-0.2, -0.15) is 0 Å². The number of amides is 3. The number of para-hydroxylation sites is 1. The van der Waals surface area contributed by atoms with Gasteiger partial charge in [0.15, 0.2) is 0 Å². The number of ether oxygens (including phenoxy) is 2. The number of fused-ring (bicyclic) bond motifs is 1. The molecule has 3 N–H and O–H groups in total. The number of likely N-dealkylation sites (N-methyl/N-ethyl adjacent to an activating group) is 1. The van der Waals surface area contributed by atoms with Gasteiger partial charge in [-0.1, -0.05) is 36.7 Å². The third kappa shape index (κ3) is 10.1. The first-order chi connectivity index (χ1) is 22.9. The highest BCUT2D eigenvalue weighted by atomic mass is 35.5.